The minimum Gasteiger partial charge on any atom is -0.481 e. The molecule has 0 spiro atoms. The first-order valence-corrected chi connectivity index (χ1v) is 15.2. The number of aromatic nitrogens is 2. The maximum atomic E-state index is 12.9. The third kappa shape index (κ3) is 3.05. The Bertz CT molecular complexity index is 1210. The molecule has 5 aliphatic rings. The van der Waals surface area contributed by atoms with Crippen LogP contribution in [0.2, 0.25) is 0 Å². The molecule has 3 saturated carbocycles. The molecule has 5 nitrogen and oxygen atoms in total. The molecule has 38 heavy (non-hydrogen) atoms. The van der Waals surface area contributed by atoms with Gasteiger partial charge in [-0.05, 0) is 97.2 Å². The second-order valence-corrected chi connectivity index (χ2v) is 16.4. The molecular formula is C33H51N3O2. The van der Waals surface area contributed by atoms with Gasteiger partial charge in [-0.2, -0.15) is 5.10 Å². The lowest BCUT2D eigenvalue weighted by molar-refractivity contribution is -0.177. The van der Waals surface area contributed by atoms with Crippen LogP contribution in [0.1, 0.15) is 111 Å². The van der Waals surface area contributed by atoms with Gasteiger partial charge in [0.2, 0.25) is 0 Å². The number of anilines is 1. The zero-order chi connectivity index (χ0) is 27.7. The van der Waals surface area contributed by atoms with Gasteiger partial charge in [-0.25, -0.2) is 0 Å². The molecule has 0 aromatic carbocycles. The number of aromatic amines is 1. The highest BCUT2D eigenvalue weighted by Crippen LogP contribution is 2.75. The summed E-state index contributed by atoms with van der Waals surface area (Å²) in [6, 6.07) is 0. The number of hydrogen-bond acceptors (Lipinski definition) is 3. The number of hydrogen-bond donors (Lipinski definition) is 2. The summed E-state index contributed by atoms with van der Waals surface area (Å²) in [4.78, 5) is 15.1. The van der Waals surface area contributed by atoms with Crippen molar-refractivity contribution < 1.29 is 9.90 Å². The van der Waals surface area contributed by atoms with Crippen molar-refractivity contribution in [3.63, 3.8) is 0 Å². The predicted molar refractivity (Wildman–Crippen MR) is 153 cm³/mol. The molecule has 210 valence electrons. The van der Waals surface area contributed by atoms with Crippen molar-refractivity contribution in [3.05, 3.63) is 22.9 Å². The molecule has 3 fully saturated rings. The summed E-state index contributed by atoms with van der Waals surface area (Å²) in [5.41, 5.74) is 4.30. The van der Waals surface area contributed by atoms with E-state index in [2.05, 4.69) is 78.6 Å². The summed E-state index contributed by atoms with van der Waals surface area (Å²) in [6.07, 6.45) is 11.9. The van der Waals surface area contributed by atoms with Crippen molar-refractivity contribution in [1.29, 1.82) is 0 Å². The molecule has 5 heteroatoms. The highest BCUT2D eigenvalue weighted by molar-refractivity contribution is 5.76. The van der Waals surface area contributed by atoms with Gasteiger partial charge >= 0.3 is 5.97 Å². The van der Waals surface area contributed by atoms with Crippen molar-refractivity contribution >= 4 is 11.8 Å². The number of rotatable bonds is 2. The predicted octanol–water partition coefficient (Wildman–Crippen LogP) is 7.38. The van der Waals surface area contributed by atoms with Gasteiger partial charge in [-0.1, -0.05) is 60.1 Å². The quantitative estimate of drug-likeness (QED) is 0.399. The first-order chi connectivity index (χ1) is 17.5. The molecule has 0 aliphatic heterocycles. The largest absolute Gasteiger partial charge is 0.481 e. The first kappa shape index (κ1) is 26.4. The van der Waals surface area contributed by atoms with E-state index in [1.807, 2.05) is 0 Å². The molecule has 0 saturated heterocycles. The van der Waals surface area contributed by atoms with Crippen LogP contribution >= 0.6 is 0 Å². The monoisotopic (exact) mass is 521 g/mol. The molecule has 5 aliphatic carbocycles. The number of allylic oxidation sites excluding steroid dienone is 2. The lowest BCUT2D eigenvalue weighted by Crippen LogP contribution is -2.64. The van der Waals surface area contributed by atoms with Crippen LogP contribution < -0.4 is 4.90 Å². The number of carboxylic acids is 1. The zero-order valence-corrected chi connectivity index (χ0v) is 25.4. The zero-order valence-electron chi connectivity index (χ0n) is 25.4. The third-order valence-electron chi connectivity index (χ3n) is 13.7. The average molecular weight is 522 g/mol. The third-order valence-corrected chi connectivity index (χ3v) is 13.7. The number of H-pyrrole nitrogens is 1. The minimum atomic E-state index is -0.565. The maximum Gasteiger partial charge on any atom is 0.310 e. The van der Waals surface area contributed by atoms with E-state index in [4.69, 9.17) is 5.10 Å². The molecule has 0 bridgehead atoms. The normalized spacial score (nSPS) is 44.4. The number of fused-ring (bicyclic) bond motifs is 8. The van der Waals surface area contributed by atoms with E-state index in [0.29, 0.717) is 11.8 Å². The van der Waals surface area contributed by atoms with Crippen molar-refractivity contribution in [3.8, 4) is 0 Å². The smallest absolute Gasteiger partial charge is 0.310 e. The van der Waals surface area contributed by atoms with Crippen LogP contribution in [-0.2, 0) is 16.6 Å². The fourth-order valence-electron chi connectivity index (χ4n) is 11.4. The van der Waals surface area contributed by atoms with Gasteiger partial charge in [-0.15, -0.1) is 0 Å². The van der Waals surface area contributed by atoms with Gasteiger partial charge in [0.1, 0.15) is 5.82 Å². The Balaban J connectivity index is 1.47. The molecule has 1 aromatic heterocycles. The van der Waals surface area contributed by atoms with E-state index >= 15 is 0 Å². The van der Waals surface area contributed by atoms with E-state index in [0.717, 1.165) is 44.9 Å². The summed E-state index contributed by atoms with van der Waals surface area (Å²) in [5, 5.41) is 18.9. The van der Waals surface area contributed by atoms with Gasteiger partial charge in [0.05, 0.1) is 11.1 Å². The van der Waals surface area contributed by atoms with Crippen LogP contribution in [0.5, 0.6) is 0 Å². The van der Waals surface area contributed by atoms with Crippen LogP contribution in [0.4, 0.5) is 5.82 Å². The number of nitrogens with one attached hydrogen (secondary N) is 1. The first-order valence-electron chi connectivity index (χ1n) is 15.2. The second-order valence-electron chi connectivity index (χ2n) is 16.4. The molecular weight excluding hydrogens is 470 g/mol. The Morgan fingerprint density at radius 2 is 1.68 bits per heavy atom. The molecule has 0 amide bonds. The average Bonchev–Trinajstić information content (AvgIpc) is 3.23. The van der Waals surface area contributed by atoms with Gasteiger partial charge in [0.15, 0.2) is 0 Å². The standard InChI is InChI=1S/C33H51N3O2/c1-28(2)14-16-33(27(37)38)17-15-31(6)21(22(33)19-28)10-11-24-30(5)18-20-25(34-35-26(20)36(8)9)29(3,4)23(30)12-13-32(24,31)7/h10,22-24H,11-19H2,1-9H3,(H,34,35)(H,37,38)/t22?,23?,24?,30-,31+,32+,33-/m0/s1. The van der Waals surface area contributed by atoms with Crippen molar-refractivity contribution in [2.75, 3.05) is 19.0 Å². The molecule has 7 atom stereocenters. The van der Waals surface area contributed by atoms with Crippen molar-refractivity contribution in [2.24, 2.45) is 44.8 Å². The SMILES string of the molecule is CN(C)c1[nH]nc2c1C[C@@]1(C)C(CC[C@]3(C)C1CC=C1C4CC(C)(C)CC[C@]4(C(=O)O)CC[C@]13C)C2(C)C. The van der Waals surface area contributed by atoms with Crippen LogP contribution in [-0.4, -0.2) is 35.4 Å². The van der Waals surface area contributed by atoms with Gasteiger partial charge < -0.3 is 10.0 Å². The Kier molecular flexibility index (Phi) is 5.35. The molecule has 0 radical (unpaired) electrons. The Morgan fingerprint density at radius 1 is 1.00 bits per heavy atom. The number of nitrogens with zero attached hydrogens (tertiary/aromatic N) is 2. The van der Waals surface area contributed by atoms with E-state index in [1.54, 1.807) is 0 Å². The Labute approximate surface area is 230 Å². The van der Waals surface area contributed by atoms with Crippen molar-refractivity contribution in [2.45, 2.75) is 112 Å². The summed E-state index contributed by atoms with van der Waals surface area (Å²) in [7, 11) is 4.25. The molecule has 1 aromatic rings. The van der Waals surface area contributed by atoms with Gasteiger partial charge in [-0.3, -0.25) is 9.89 Å². The fourth-order valence-corrected chi connectivity index (χ4v) is 11.4. The van der Waals surface area contributed by atoms with Gasteiger partial charge in [0.25, 0.3) is 0 Å². The number of aliphatic carboxylic acids is 1. The van der Waals surface area contributed by atoms with Crippen LogP contribution in [0.25, 0.3) is 0 Å². The summed E-state index contributed by atoms with van der Waals surface area (Å²) in [6.45, 7) is 17.4. The summed E-state index contributed by atoms with van der Waals surface area (Å²) < 4.78 is 0. The second kappa shape index (κ2) is 7.69. The molecule has 6 rings (SSSR count). The van der Waals surface area contributed by atoms with E-state index in [1.165, 1.54) is 35.5 Å². The van der Waals surface area contributed by atoms with Crippen LogP contribution in [0, 0.1) is 44.8 Å². The van der Waals surface area contributed by atoms with Crippen molar-refractivity contribution in [1.82, 2.24) is 10.2 Å². The molecule has 1 heterocycles. The topological polar surface area (TPSA) is 69.2 Å². The number of carboxylic acid groups (broad SMARTS) is 1. The Hall–Kier alpha value is -1.78. The van der Waals surface area contributed by atoms with E-state index in [9.17, 15) is 9.90 Å². The maximum absolute atomic E-state index is 12.9. The lowest BCUT2D eigenvalue weighted by Gasteiger charge is -2.70. The lowest BCUT2D eigenvalue weighted by atomic mass is 9.33. The highest BCUT2D eigenvalue weighted by atomic mass is 16.4. The van der Waals surface area contributed by atoms with Gasteiger partial charge in [0, 0.05) is 25.1 Å². The van der Waals surface area contributed by atoms with E-state index in [-0.39, 0.29) is 33.0 Å². The molecule has 3 unspecified atom stereocenters. The van der Waals surface area contributed by atoms with Crippen LogP contribution in [0.3, 0.4) is 0 Å². The highest BCUT2D eigenvalue weighted by Gasteiger charge is 2.69. The fraction of sp³-hybridized carbons (Fsp3) is 0.818. The minimum absolute atomic E-state index is 0.0255. The Morgan fingerprint density at radius 3 is 2.34 bits per heavy atom. The summed E-state index contributed by atoms with van der Waals surface area (Å²) in [5.74, 6) is 1.98. The van der Waals surface area contributed by atoms with Crippen LogP contribution in [0.15, 0.2) is 11.6 Å². The number of carbonyl (C=O) groups is 1. The van der Waals surface area contributed by atoms with E-state index < -0.39 is 11.4 Å². The summed E-state index contributed by atoms with van der Waals surface area (Å²) >= 11 is 0. The molecule has 2 N–H and O–H groups in total.